The molecule has 0 saturated carbocycles. The van der Waals surface area contributed by atoms with Crippen LogP contribution in [-0.2, 0) is 6.42 Å². The Hall–Kier alpha value is -2.61. The van der Waals surface area contributed by atoms with Gasteiger partial charge in [-0.1, -0.05) is 12.1 Å². The zero-order chi connectivity index (χ0) is 18.0. The van der Waals surface area contributed by atoms with E-state index < -0.39 is 18.9 Å². The van der Waals surface area contributed by atoms with Gasteiger partial charge in [0, 0.05) is 23.9 Å². The largest absolute Gasteiger partial charge is 0.484 e. The van der Waals surface area contributed by atoms with E-state index in [9.17, 15) is 18.3 Å². The maximum absolute atomic E-state index is 12.3. The molecule has 0 bridgehead atoms. The molecule has 0 aliphatic heterocycles. The Morgan fingerprint density at radius 3 is 2.72 bits per heavy atom. The lowest BCUT2D eigenvalue weighted by Gasteiger charge is -2.14. The molecule has 8 heteroatoms. The van der Waals surface area contributed by atoms with Crippen LogP contribution in [0.25, 0.3) is 11.0 Å². The number of halogens is 3. The number of alkyl halides is 3. The molecule has 1 unspecified atom stereocenters. The highest BCUT2D eigenvalue weighted by Crippen LogP contribution is 2.26. The summed E-state index contributed by atoms with van der Waals surface area (Å²) < 4.78 is 41.7. The fraction of sp³-hybridized carbons (Fsp3) is 0.294. The zero-order valence-electron chi connectivity index (χ0n) is 13.3. The number of fused-ring (bicyclic) bond motifs is 1. The molecule has 3 rings (SSSR count). The van der Waals surface area contributed by atoms with Gasteiger partial charge in [-0.05, 0) is 25.1 Å². The predicted octanol–water partition coefficient (Wildman–Crippen LogP) is 3.48. The summed E-state index contributed by atoms with van der Waals surface area (Å²) >= 11 is 0. The first kappa shape index (κ1) is 17.2. The summed E-state index contributed by atoms with van der Waals surface area (Å²) in [5.41, 5.74) is 2.43. The van der Waals surface area contributed by atoms with E-state index in [1.807, 2.05) is 24.3 Å². The van der Waals surface area contributed by atoms with Crippen LogP contribution in [0, 0.1) is 6.92 Å². The molecule has 0 saturated heterocycles. The maximum Gasteiger partial charge on any atom is 0.422 e. The zero-order valence-corrected chi connectivity index (χ0v) is 13.3. The van der Waals surface area contributed by atoms with E-state index in [1.165, 1.54) is 12.3 Å². The van der Waals surface area contributed by atoms with Gasteiger partial charge in [-0.3, -0.25) is 4.98 Å². The van der Waals surface area contributed by atoms with Crippen molar-refractivity contribution in [1.82, 2.24) is 15.0 Å². The lowest BCUT2D eigenvalue weighted by atomic mass is 10.1. The number of hydrogen-bond donors (Lipinski definition) is 2. The third-order valence-corrected chi connectivity index (χ3v) is 3.76. The lowest BCUT2D eigenvalue weighted by Crippen LogP contribution is -2.20. The molecule has 0 fully saturated rings. The van der Waals surface area contributed by atoms with Crippen LogP contribution in [0.4, 0.5) is 13.2 Å². The summed E-state index contributed by atoms with van der Waals surface area (Å²) in [7, 11) is 0. The number of aromatic nitrogens is 3. The molecule has 1 atom stereocenters. The number of aliphatic hydroxyl groups is 1. The number of nitrogens with zero attached hydrogens (tertiary/aromatic N) is 2. The molecule has 0 spiro atoms. The van der Waals surface area contributed by atoms with Crippen molar-refractivity contribution in [3.63, 3.8) is 0 Å². The highest BCUT2D eigenvalue weighted by atomic mass is 19.4. The minimum Gasteiger partial charge on any atom is -0.484 e. The van der Waals surface area contributed by atoms with Crippen molar-refractivity contribution >= 4 is 11.0 Å². The Balaban J connectivity index is 1.77. The Bertz CT molecular complexity index is 844. The standard InChI is InChI=1S/C17H16F3N3O2/c1-10-13(21-7-6-15(10)25-9-17(18,19)20)8-14(24)16-22-11-4-2-3-5-12(11)23-16/h2-7,14,24H,8-9H2,1H3,(H,22,23). The molecule has 1 aromatic carbocycles. The topological polar surface area (TPSA) is 71.0 Å². The number of rotatable bonds is 5. The van der Waals surface area contributed by atoms with Gasteiger partial charge < -0.3 is 14.8 Å². The smallest absolute Gasteiger partial charge is 0.422 e. The van der Waals surface area contributed by atoms with Crippen molar-refractivity contribution in [3.05, 3.63) is 53.6 Å². The molecule has 0 amide bonds. The van der Waals surface area contributed by atoms with Gasteiger partial charge in [-0.2, -0.15) is 13.2 Å². The highest BCUT2D eigenvalue weighted by molar-refractivity contribution is 5.74. The number of benzene rings is 1. The molecule has 25 heavy (non-hydrogen) atoms. The van der Waals surface area contributed by atoms with E-state index in [0.717, 1.165) is 11.0 Å². The predicted molar refractivity (Wildman–Crippen MR) is 85.3 cm³/mol. The van der Waals surface area contributed by atoms with Crippen LogP contribution in [0.2, 0.25) is 0 Å². The quantitative estimate of drug-likeness (QED) is 0.738. The van der Waals surface area contributed by atoms with Crippen LogP contribution in [0.5, 0.6) is 5.75 Å². The molecule has 0 aliphatic rings. The number of pyridine rings is 1. The SMILES string of the molecule is Cc1c(OCC(F)(F)F)ccnc1CC(O)c1nc2ccccc2[nH]1. The average Bonchev–Trinajstić information content (AvgIpc) is 2.99. The Kier molecular flexibility index (Phi) is 4.63. The molecule has 5 nitrogen and oxygen atoms in total. The minimum atomic E-state index is -4.41. The molecule has 0 aliphatic carbocycles. The number of aliphatic hydroxyl groups excluding tert-OH is 1. The summed E-state index contributed by atoms with van der Waals surface area (Å²) in [6, 6.07) is 8.72. The normalized spacial score (nSPS) is 13.2. The van der Waals surface area contributed by atoms with Crippen molar-refractivity contribution < 1.29 is 23.0 Å². The molecule has 2 N–H and O–H groups in total. The summed E-state index contributed by atoms with van der Waals surface area (Å²) in [4.78, 5) is 11.5. The molecule has 2 aromatic heterocycles. The van der Waals surface area contributed by atoms with E-state index in [-0.39, 0.29) is 12.2 Å². The summed E-state index contributed by atoms with van der Waals surface area (Å²) in [5.74, 6) is 0.475. The van der Waals surface area contributed by atoms with Gasteiger partial charge in [0.15, 0.2) is 6.61 Å². The average molecular weight is 351 g/mol. The van der Waals surface area contributed by atoms with Crippen molar-refractivity contribution in [3.8, 4) is 5.75 Å². The second kappa shape index (κ2) is 6.72. The highest BCUT2D eigenvalue weighted by Gasteiger charge is 2.29. The Morgan fingerprint density at radius 2 is 2.00 bits per heavy atom. The maximum atomic E-state index is 12.3. The van der Waals surface area contributed by atoms with Gasteiger partial charge >= 0.3 is 6.18 Å². The van der Waals surface area contributed by atoms with Crippen molar-refractivity contribution in [2.24, 2.45) is 0 Å². The fourth-order valence-electron chi connectivity index (χ4n) is 2.49. The van der Waals surface area contributed by atoms with Crippen LogP contribution in [0.15, 0.2) is 36.5 Å². The third kappa shape index (κ3) is 4.08. The first-order valence-electron chi connectivity index (χ1n) is 7.60. The first-order chi connectivity index (χ1) is 11.8. The van der Waals surface area contributed by atoms with Crippen molar-refractivity contribution in [2.45, 2.75) is 25.6 Å². The second-order valence-corrected chi connectivity index (χ2v) is 5.64. The van der Waals surface area contributed by atoms with E-state index in [4.69, 9.17) is 4.74 Å². The van der Waals surface area contributed by atoms with Gasteiger partial charge in [0.25, 0.3) is 0 Å². The lowest BCUT2D eigenvalue weighted by molar-refractivity contribution is -0.153. The Labute approximate surface area is 141 Å². The number of imidazole rings is 1. The molecular formula is C17H16F3N3O2. The number of aromatic amines is 1. The van der Waals surface area contributed by atoms with E-state index in [1.54, 1.807) is 6.92 Å². The third-order valence-electron chi connectivity index (χ3n) is 3.76. The second-order valence-electron chi connectivity index (χ2n) is 5.64. The summed E-state index contributed by atoms with van der Waals surface area (Å²) in [6.45, 7) is 0.239. The van der Waals surface area contributed by atoms with E-state index >= 15 is 0 Å². The molecule has 0 radical (unpaired) electrons. The van der Waals surface area contributed by atoms with Crippen LogP contribution >= 0.6 is 0 Å². The molecule has 3 aromatic rings. The summed E-state index contributed by atoms with van der Waals surface area (Å²) in [6.07, 6.45) is -3.91. The number of hydrogen-bond acceptors (Lipinski definition) is 4. The van der Waals surface area contributed by atoms with Crippen LogP contribution in [0.1, 0.15) is 23.2 Å². The summed E-state index contributed by atoms with van der Waals surface area (Å²) in [5, 5.41) is 10.4. The van der Waals surface area contributed by atoms with Gasteiger partial charge in [-0.25, -0.2) is 4.98 Å². The first-order valence-corrected chi connectivity index (χ1v) is 7.60. The van der Waals surface area contributed by atoms with Crippen molar-refractivity contribution in [2.75, 3.05) is 6.61 Å². The van der Waals surface area contributed by atoms with Gasteiger partial charge in [0.2, 0.25) is 0 Å². The van der Waals surface area contributed by atoms with Gasteiger partial charge in [0.1, 0.15) is 17.7 Å². The molecule has 2 heterocycles. The van der Waals surface area contributed by atoms with Gasteiger partial charge in [-0.15, -0.1) is 0 Å². The molecular weight excluding hydrogens is 335 g/mol. The Morgan fingerprint density at radius 1 is 1.24 bits per heavy atom. The van der Waals surface area contributed by atoms with Gasteiger partial charge in [0.05, 0.1) is 11.0 Å². The number of ether oxygens (including phenoxy) is 1. The number of H-pyrrole nitrogens is 1. The van der Waals surface area contributed by atoms with Crippen LogP contribution in [-0.4, -0.2) is 32.8 Å². The number of nitrogens with one attached hydrogen (secondary N) is 1. The minimum absolute atomic E-state index is 0.0964. The van der Waals surface area contributed by atoms with Crippen LogP contribution in [0.3, 0.4) is 0 Å². The monoisotopic (exact) mass is 351 g/mol. The van der Waals surface area contributed by atoms with Crippen molar-refractivity contribution in [1.29, 1.82) is 0 Å². The molecule has 132 valence electrons. The fourth-order valence-corrected chi connectivity index (χ4v) is 2.49. The van der Waals surface area contributed by atoms with Crippen LogP contribution < -0.4 is 4.74 Å². The number of para-hydroxylation sites is 2. The van der Waals surface area contributed by atoms with E-state index in [2.05, 4.69) is 15.0 Å². The van der Waals surface area contributed by atoms with E-state index in [0.29, 0.717) is 17.1 Å².